The lowest BCUT2D eigenvalue weighted by Gasteiger charge is -2.15. The van der Waals surface area contributed by atoms with Crippen LogP contribution < -0.4 is 10.1 Å². The van der Waals surface area contributed by atoms with Crippen molar-refractivity contribution in [1.82, 2.24) is 4.98 Å². The van der Waals surface area contributed by atoms with Crippen molar-refractivity contribution >= 4 is 39.3 Å². The Hall–Kier alpha value is -1.59. The number of hydrogen-bond acceptors (Lipinski definition) is 3. The van der Waals surface area contributed by atoms with Gasteiger partial charge >= 0.3 is 0 Å². The van der Waals surface area contributed by atoms with Crippen LogP contribution in [-0.2, 0) is 4.79 Å². The van der Waals surface area contributed by atoms with Gasteiger partial charge in [-0.2, -0.15) is 0 Å². The van der Waals surface area contributed by atoms with Gasteiger partial charge in [-0.1, -0.05) is 17.7 Å². The molecule has 20 heavy (non-hydrogen) atoms. The molecule has 0 bridgehead atoms. The zero-order valence-corrected chi connectivity index (χ0v) is 13.0. The number of pyridine rings is 1. The zero-order valence-electron chi connectivity index (χ0n) is 10.6. The number of carbonyl (C=O) groups excluding carboxylic acids is 1. The Morgan fingerprint density at radius 1 is 1.40 bits per heavy atom. The third kappa shape index (κ3) is 3.95. The van der Waals surface area contributed by atoms with Crippen LogP contribution in [0.1, 0.15) is 6.92 Å². The highest BCUT2D eigenvalue weighted by atomic mass is 79.9. The largest absolute Gasteiger partial charge is 0.481 e. The molecule has 1 amide bonds. The van der Waals surface area contributed by atoms with Crippen LogP contribution in [0.4, 0.5) is 5.82 Å². The Morgan fingerprint density at radius 2 is 2.20 bits per heavy atom. The van der Waals surface area contributed by atoms with Crippen molar-refractivity contribution in [3.8, 4) is 5.75 Å². The van der Waals surface area contributed by atoms with Crippen LogP contribution in [0.5, 0.6) is 5.75 Å². The third-order valence-corrected chi connectivity index (χ3v) is 3.35. The van der Waals surface area contributed by atoms with E-state index in [9.17, 15) is 4.79 Å². The number of amides is 1. The molecule has 2 aromatic rings. The molecular weight excluding hydrogens is 344 g/mol. The van der Waals surface area contributed by atoms with E-state index in [1.165, 1.54) is 0 Å². The van der Waals surface area contributed by atoms with Crippen LogP contribution in [0.3, 0.4) is 0 Å². The monoisotopic (exact) mass is 354 g/mol. The molecule has 4 nitrogen and oxygen atoms in total. The Kier molecular flexibility index (Phi) is 4.98. The maximum Gasteiger partial charge on any atom is 0.266 e. The highest BCUT2D eigenvalue weighted by molar-refractivity contribution is 9.10. The van der Waals surface area contributed by atoms with Gasteiger partial charge < -0.3 is 10.1 Å². The zero-order chi connectivity index (χ0) is 14.5. The average Bonchev–Trinajstić information content (AvgIpc) is 2.41. The molecule has 0 aliphatic heterocycles. The van der Waals surface area contributed by atoms with Crippen LogP contribution in [0.25, 0.3) is 0 Å². The predicted molar refractivity (Wildman–Crippen MR) is 82.1 cm³/mol. The standard InChI is InChI=1S/C14H12BrClN2O2/c1-9(20-11-5-2-4-10(16)8-11)14(19)18-13-12(15)6-3-7-17-13/h2-9H,1H3,(H,17,18,19). The summed E-state index contributed by atoms with van der Waals surface area (Å²) < 4.78 is 6.24. The van der Waals surface area contributed by atoms with Gasteiger partial charge in [-0.05, 0) is 53.2 Å². The van der Waals surface area contributed by atoms with Gasteiger partial charge in [-0.15, -0.1) is 0 Å². The first-order valence-electron chi connectivity index (χ1n) is 5.90. The second-order valence-electron chi connectivity index (χ2n) is 4.04. The van der Waals surface area contributed by atoms with E-state index in [4.69, 9.17) is 16.3 Å². The molecule has 1 aromatic carbocycles. The first-order valence-corrected chi connectivity index (χ1v) is 7.07. The number of nitrogens with one attached hydrogen (secondary N) is 1. The van der Waals surface area contributed by atoms with Crippen molar-refractivity contribution in [2.24, 2.45) is 0 Å². The molecule has 0 saturated heterocycles. The number of halogens is 2. The number of carbonyl (C=O) groups is 1. The number of aromatic nitrogens is 1. The van der Waals surface area contributed by atoms with Crippen molar-refractivity contribution < 1.29 is 9.53 Å². The number of nitrogens with zero attached hydrogens (tertiary/aromatic N) is 1. The third-order valence-electron chi connectivity index (χ3n) is 2.48. The van der Waals surface area contributed by atoms with Crippen LogP contribution in [-0.4, -0.2) is 17.0 Å². The van der Waals surface area contributed by atoms with Crippen LogP contribution in [0.2, 0.25) is 5.02 Å². The lowest BCUT2D eigenvalue weighted by molar-refractivity contribution is -0.122. The fourth-order valence-corrected chi connectivity index (χ4v) is 2.03. The Balaban J connectivity index is 2.01. The summed E-state index contributed by atoms with van der Waals surface area (Å²) in [4.78, 5) is 16.1. The van der Waals surface area contributed by atoms with Crippen molar-refractivity contribution in [1.29, 1.82) is 0 Å². The van der Waals surface area contributed by atoms with Crippen molar-refractivity contribution in [2.45, 2.75) is 13.0 Å². The van der Waals surface area contributed by atoms with Crippen molar-refractivity contribution in [2.75, 3.05) is 5.32 Å². The molecule has 1 heterocycles. The van der Waals surface area contributed by atoms with Crippen molar-refractivity contribution in [3.63, 3.8) is 0 Å². The Bertz CT molecular complexity index is 622. The van der Waals surface area contributed by atoms with Gasteiger partial charge in [-0.3, -0.25) is 4.79 Å². The summed E-state index contributed by atoms with van der Waals surface area (Å²) in [5.41, 5.74) is 0. The highest BCUT2D eigenvalue weighted by Gasteiger charge is 2.16. The summed E-state index contributed by atoms with van der Waals surface area (Å²) in [6, 6.07) is 10.5. The molecular formula is C14H12BrClN2O2. The second kappa shape index (κ2) is 6.72. The highest BCUT2D eigenvalue weighted by Crippen LogP contribution is 2.20. The molecule has 6 heteroatoms. The van der Waals surface area contributed by atoms with Crippen molar-refractivity contribution in [3.05, 3.63) is 52.1 Å². The number of hydrogen-bond donors (Lipinski definition) is 1. The fourth-order valence-electron chi connectivity index (χ4n) is 1.49. The molecule has 0 aliphatic carbocycles. The molecule has 0 aliphatic rings. The minimum atomic E-state index is -0.664. The molecule has 1 atom stereocenters. The van der Waals surface area contributed by atoms with Crippen LogP contribution in [0.15, 0.2) is 47.1 Å². The van der Waals surface area contributed by atoms with Crippen LogP contribution in [0, 0.1) is 0 Å². The summed E-state index contributed by atoms with van der Waals surface area (Å²) in [5.74, 6) is 0.712. The van der Waals surface area contributed by atoms with Gasteiger partial charge in [0.25, 0.3) is 5.91 Å². The first kappa shape index (κ1) is 14.8. The summed E-state index contributed by atoms with van der Waals surface area (Å²) in [7, 11) is 0. The molecule has 0 saturated carbocycles. The lowest BCUT2D eigenvalue weighted by Crippen LogP contribution is -2.30. The molecule has 1 aromatic heterocycles. The molecule has 1 N–H and O–H groups in total. The van der Waals surface area contributed by atoms with E-state index in [1.54, 1.807) is 49.5 Å². The molecule has 0 spiro atoms. The number of benzene rings is 1. The lowest BCUT2D eigenvalue weighted by atomic mass is 10.3. The van der Waals surface area contributed by atoms with E-state index in [0.29, 0.717) is 21.1 Å². The van der Waals surface area contributed by atoms with Gasteiger partial charge in [0.1, 0.15) is 11.6 Å². The number of ether oxygens (including phenoxy) is 1. The maximum absolute atomic E-state index is 12.0. The van der Waals surface area contributed by atoms with E-state index in [2.05, 4.69) is 26.2 Å². The van der Waals surface area contributed by atoms with E-state index in [1.807, 2.05) is 0 Å². The molecule has 0 radical (unpaired) electrons. The minimum Gasteiger partial charge on any atom is -0.481 e. The Morgan fingerprint density at radius 3 is 2.90 bits per heavy atom. The van der Waals surface area contributed by atoms with E-state index in [0.717, 1.165) is 0 Å². The van der Waals surface area contributed by atoms with E-state index in [-0.39, 0.29) is 5.91 Å². The first-order chi connectivity index (χ1) is 9.56. The molecule has 104 valence electrons. The second-order valence-corrected chi connectivity index (χ2v) is 5.33. The van der Waals surface area contributed by atoms with E-state index >= 15 is 0 Å². The SMILES string of the molecule is CC(Oc1cccc(Cl)c1)C(=O)Nc1ncccc1Br. The summed E-state index contributed by atoms with van der Waals surface area (Å²) in [6.07, 6.45) is 0.936. The predicted octanol–water partition coefficient (Wildman–Crippen LogP) is 3.90. The fraction of sp³-hybridized carbons (Fsp3) is 0.143. The van der Waals surface area contributed by atoms with Gasteiger partial charge in [0.15, 0.2) is 6.10 Å². The van der Waals surface area contributed by atoms with E-state index < -0.39 is 6.10 Å². The smallest absolute Gasteiger partial charge is 0.266 e. The number of rotatable bonds is 4. The molecule has 2 rings (SSSR count). The maximum atomic E-state index is 12.0. The van der Waals surface area contributed by atoms with Gasteiger partial charge in [-0.25, -0.2) is 4.98 Å². The van der Waals surface area contributed by atoms with Gasteiger partial charge in [0, 0.05) is 11.2 Å². The average molecular weight is 356 g/mol. The van der Waals surface area contributed by atoms with Gasteiger partial charge in [0.05, 0.1) is 4.47 Å². The quantitative estimate of drug-likeness (QED) is 0.905. The minimum absolute atomic E-state index is 0.288. The van der Waals surface area contributed by atoms with Gasteiger partial charge in [0.2, 0.25) is 0 Å². The summed E-state index contributed by atoms with van der Waals surface area (Å²) in [6.45, 7) is 1.66. The van der Waals surface area contributed by atoms with Crippen LogP contribution >= 0.6 is 27.5 Å². The Labute approximate surface area is 130 Å². The normalized spacial score (nSPS) is 11.8. The topological polar surface area (TPSA) is 51.2 Å². The molecule has 0 fully saturated rings. The summed E-state index contributed by atoms with van der Waals surface area (Å²) in [5, 5.41) is 3.25. The summed E-state index contributed by atoms with van der Waals surface area (Å²) >= 11 is 9.18. The number of anilines is 1. The molecule has 1 unspecified atom stereocenters.